The van der Waals surface area contributed by atoms with Gasteiger partial charge in [-0.1, -0.05) is 26.7 Å². The Hall–Kier alpha value is 0.0969. The molecule has 1 saturated heterocycles. The molecule has 0 radical (unpaired) electrons. The van der Waals surface area contributed by atoms with E-state index in [0.29, 0.717) is 18.0 Å². The predicted octanol–water partition coefficient (Wildman–Crippen LogP) is 3.92. The number of hydrogen-bond donors (Lipinski definition) is 0. The van der Waals surface area contributed by atoms with Crippen molar-refractivity contribution in [1.29, 1.82) is 0 Å². The number of rotatable bonds is 5. The zero-order valence-corrected chi connectivity index (χ0v) is 15.0. The molecular weight excluding hydrogens is 266 g/mol. The maximum absolute atomic E-state index is 6.10. The molecule has 0 N–H and O–H groups in total. The van der Waals surface area contributed by atoms with Crippen LogP contribution in [0.3, 0.4) is 0 Å². The van der Waals surface area contributed by atoms with Gasteiger partial charge in [0.15, 0.2) is 0 Å². The Kier molecular flexibility index (Phi) is 5.68. The second-order valence-corrected chi connectivity index (χ2v) is 10.3. The molecule has 3 unspecified atom stereocenters. The van der Waals surface area contributed by atoms with Gasteiger partial charge in [-0.25, -0.2) is 0 Å². The molecule has 2 aliphatic rings. The third kappa shape index (κ3) is 3.13. The lowest BCUT2D eigenvalue weighted by molar-refractivity contribution is 0.0280. The van der Waals surface area contributed by atoms with E-state index in [9.17, 15) is 0 Å². The first-order valence-corrected chi connectivity index (χ1v) is 10.4. The van der Waals surface area contributed by atoms with Gasteiger partial charge >= 0.3 is 8.72 Å². The van der Waals surface area contributed by atoms with Crippen molar-refractivity contribution in [2.45, 2.75) is 77.4 Å². The van der Waals surface area contributed by atoms with E-state index in [1.54, 1.807) is 0 Å². The smallest absolute Gasteiger partial charge is 0.386 e. The third-order valence-electron chi connectivity index (χ3n) is 5.35. The Morgan fingerprint density at radius 3 is 2.30 bits per heavy atom. The van der Waals surface area contributed by atoms with Crippen LogP contribution in [0.15, 0.2) is 0 Å². The van der Waals surface area contributed by atoms with E-state index in [-0.39, 0.29) is 0 Å². The Balaban J connectivity index is 2.27. The first kappa shape index (κ1) is 16.5. The molecule has 1 aliphatic heterocycles. The Morgan fingerprint density at radius 2 is 1.70 bits per heavy atom. The molecule has 0 aromatic carbocycles. The molecule has 1 aliphatic carbocycles. The molecule has 4 heteroatoms. The highest BCUT2D eigenvalue weighted by Gasteiger charge is 2.52. The first-order valence-electron chi connectivity index (χ1n) is 8.42. The van der Waals surface area contributed by atoms with Crippen LogP contribution in [0.5, 0.6) is 0 Å². The maximum atomic E-state index is 6.10. The summed E-state index contributed by atoms with van der Waals surface area (Å²) in [6.07, 6.45) is 8.26. The number of hydrogen-bond acceptors (Lipinski definition) is 3. The minimum Gasteiger partial charge on any atom is -0.386 e. The van der Waals surface area contributed by atoms with Crippen molar-refractivity contribution in [3.8, 4) is 0 Å². The molecule has 0 bridgehead atoms. The highest BCUT2D eigenvalue weighted by Crippen LogP contribution is 2.42. The van der Waals surface area contributed by atoms with Crippen molar-refractivity contribution in [3.63, 3.8) is 0 Å². The van der Waals surface area contributed by atoms with E-state index in [0.717, 1.165) is 12.0 Å². The maximum Gasteiger partial charge on any atom is 0.427 e. The molecule has 0 aromatic heterocycles. The zero-order chi connectivity index (χ0) is 14.8. The van der Waals surface area contributed by atoms with Gasteiger partial charge < -0.3 is 8.85 Å². The van der Waals surface area contributed by atoms with E-state index in [2.05, 4.69) is 25.3 Å². The summed E-state index contributed by atoms with van der Waals surface area (Å²) < 4.78 is 14.9. The van der Waals surface area contributed by atoms with Crippen LogP contribution in [-0.2, 0) is 8.85 Å². The zero-order valence-electron chi connectivity index (χ0n) is 14.0. The first-order chi connectivity index (χ1) is 9.54. The second kappa shape index (κ2) is 6.90. The summed E-state index contributed by atoms with van der Waals surface area (Å²) in [6.45, 7) is 6.95. The van der Waals surface area contributed by atoms with Gasteiger partial charge in [0.1, 0.15) is 0 Å². The summed E-state index contributed by atoms with van der Waals surface area (Å²) in [5.41, 5.74) is 0. The quantitative estimate of drug-likeness (QED) is 0.718. The molecule has 2 fully saturated rings. The summed E-state index contributed by atoms with van der Waals surface area (Å²) in [5, 5.41) is 0. The molecule has 1 heterocycles. The van der Waals surface area contributed by atoms with Crippen LogP contribution in [0.2, 0.25) is 6.04 Å². The normalized spacial score (nSPS) is 32.4. The molecule has 3 nitrogen and oxygen atoms in total. The van der Waals surface area contributed by atoms with Gasteiger partial charge in [-0.2, -0.15) is 0 Å². The summed E-state index contributed by atoms with van der Waals surface area (Å²) >= 11 is 0. The van der Waals surface area contributed by atoms with E-state index < -0.39 is 8.72 Å². The van der Waals surface area contributed by atoms with Crippen molar-refractivity contribution in [2.24, 2.45) is 11.8 Å². The van der Waals surface area contributed by atoms with E-state index in [1.807, 2.05) is 14.2 Å². The highest BCUT2D eigenvalue weighted by molar-refractivity contribution is 6.64. The molecule has 2 rings (SSSR count). The average Bonchev–Trinajstić information content (AvgIpc) is 2.45. The lowest BCUT2D eigenvalue weighted by Gasteiger charge is -2.53. The second-order valence-electron chi connectivity index (χ2n) is 7.16. The monoisotopic (exact) mass is 299 g/mol. The van der Waals surface area contributed by atoms with Crippen LogP contribution in [-0.4, -0.2) is 39.6 Å². The van der Waals surface area contributed by atoms with E-state index in [4.69, 9.17) is 8.85 Å². The molecule has 20 heavy (non-hydrogen) atoms. The molecule has 0 amide bonds. The average molecular weight is 300 g/mol. The van der Waals surface area contributed by atoms with Gasteiger partial charge in [-0.3, -0.25) is 4.57 Å². The van der Waals surface area contributed by atoms with Crippen LogP contribution >= 0.6 is 0 Å². The van der Waals surface area contributed by atoms with Crippen LogP contribution in [0, 0.1) is 11.8 Å². The van der Waals surface area contributed by atoms with Crippen LogP contribution in [0.4, 0.5) is 0 Å². The predicted molar refractivity (Wildman–Crippen MR) is 85.7 cm³/mol. The molecular formula is C16H33NO2Si. The number of piperidine rings is 1. The van der Waals surface area contributed by atoms with E-state index >= 15 is 0 Å². The molecule has 3 atom stereocenters. The van der Waals surface area contributed by atoms with Gasteiger partial charge in [0.2, 0.25) is 0 Å². The summed E-state index contributed by atoms with van der Waals surface area (Å²) in [7, 11) is 1.50. The van der Waals surface area contributed by atoms with Gasteiger partial charge in [-0.15, -0.1) is 0 Å². The Labute approximate surface area is 126 Å². The molecule has 118 valence electrons. The topological polar surface area (TPSA) is 21.7 Å². The molecule has 0 aromatic rings. The van der Waals surface area contributed by atoms with Crippen molar-refractivity contribution in [3.05, 3.63) is 0 Å². The fraction of sp³-hybridized carbons (Fsp3) is 1.00. The van der Waals surface area contributed by atoms with Crippen LogP contribution in [0.25, 0.3) is 0 Å². The highest BCUT2D eigenvalue weighted by atomic mass is 28.4. The van der Waals surface area contributed by atoms with Crippen molar-refractivity contribution in [2.75, 3.05) is 14.2 Å². The fourth-order valence-corrected chi connectivity index (χ4v) is 8.29. The van der Waals surface area contributed by atoms with Crippen molar-refractivity contribution < 1.29 is 8.85 Å². The van der Waals surface area contributed by atoms with Gasteiger partial charge in [0.25, 0.3) is 0 Å². The molecule has 0 spiro atoms. The molecule has 1 saturated carbocycles. The van der Waals surface area contributed by atoms with Gasteiger partial charge in [0, 0.05) is 32.3 Å². The minimum absolute atomic E-state index is 0.611. The van der Waals surface area contributed by atoms with Crippen LogP contribution < -0.4 is 0 Å². The lowest BCUT2D eigenvalue weighted by Crippen LogP contribution is -2.68. The summed E-state index contributed by atoms with van der Waals surface area (Å²) in [5.74, 6) is 1.50. The third-order valence-corrected chi connectivity index (χ3v) is 9.52. The lowest BCUT2D eigenvalue weighted by atomic mass is 9.78. The summed E-state index contributed by atoms with van der Waals surface area (Å²) in [6, 6.07) is 2.39. The number of nitrogens with zero attached hydrogens (tertiary/aromatic N) is 1. The largest absolute Gasteiger partial charge is 0.427 e. The summed E-state index contributed by atoms with van der Waals surface area (Å²) in [4.78, 5) is 0. The number of fused-ring (bicyclic) bond motifs is 1. The van der Waals surface area contributed by atoms with Crippen molar-refractivity contribution >= 4 is 8.72 Å². The SMILES string of the molecule is CO[Si](CC(C)C)(OC)N1C(C)CCC2CCCCC21. The standard InChI is InChI=1S/C16H33NO2Si/c1-13(2)12-20(18-4,19-5)17-14(3)10-11-15-8-6-7-9-16(15)17/h13-16H,6-12H2,1-5H3. The van der Waals surface area contributed by atoms with Crippen LogP contribution in [0.1, 0.15) is 59.3 Å². The fourth-order valence-electron chi connectivity index (χ4n) is 4.48. The minimum atomic E-state index is -2.24. The van der Waals surface area contributed by atoms with Gasteiger partial charge in [-0.05, 0) is 44.4 Å². The van der Waals surface area contributed by atoms with Gasteiger partial charge in [0.05, 0.1) is 0 Å². The Bertz CT molecular complexity index is 307. The van der Waals surface area contributed by atoms with E-state index in [1.165, 1.54) is 38.5 Å². The van der Waals surface area contributed by atoms with Crippen molar-refractivity contribution in [1.82, 2.24) is 4.57 Å². The Morgan fingerprint density at radius 1 is 1.05 bits per heavy atom.